The van der Waals surface area contributed by atoms with Gasteiger partial charge in [0.25, 0.3) is 5.91 Å². The van der Waals surface area contributed by atoms with E-state index in [1.165, 1.54) is 55.6 Å². The van der Waals surface area contributed by atoms with Crippen LogP contribution in [0.2, 0.25) is 10.0 Å². The average molecular weight is 567 g/mol. The normalized spacial score (nSPS) is 14.9. The van der Waals surface area contributed by atoms with Gasteiger partial charge in [-0.3, -0.25) is 4.79 Å². The Balaban J connectivity index is 1.16. The fourth-order valence-electron chi connectivity index (χ4n) is 4.78. The number of halogens is 3. The minimum absolute atomic E-state index is 0.0486. The molecule has 0 unspecified atom stereocenters. The summed E-state index contributed by atoms with van der Waals surface area (Å²) in [6, 6.07) is 15.8. The van der Waals surface area contributed by atoms with Crippen LogP contribution in [0.5, 0.6) is 11.5 Å². The standard InChI is InChI=1S/C30H29Cl2FN4O2/c31-21-11-22(34)13-24(12-21)39-29-25(32)7-5-19(28(29)33)14-35-30(38)27-10-20-9-23(6-8-26(20)36-27)37(15-17-1-2-17)16-18-3-4-18/h5-13,17-18,36H,1-4,14-16,34H2,(H,35,38). The Hall–Kier alpha value is -3.42. The molecule has 0 spiro atoms. The molecule has 1 heterocycles. The monoisotopic (exact) mass is 566 g/mol. The molecule has 39 heavy (non-hydrogen) atoms. The number of benzene rings is 3. The van der Waals surface area contributed by atoms with Crippen LogP contribution in [0.25, 0.3) is 10.9 Å². The van der Waals surface area contributed by atoms with E-state index in [-0.39, 0.29) is 34.5 Å². The second-order valence-electron chi connectivity index (χ2n) is 10.6. The van der Waals surface area contributed by atoms with Gasteiger partial charge in [-0.25, -0.2) is 4.39 Å². The second kappa shape index (κ2) is 10.6. The van der Waals surface area contributed by atoms with Crippen LogP contribution >= 0.6 is 23.2 Å². The predicted octanol–water partition coefficient (Wildman–Crippen LogP) is 7.54. The van der Waals surface area contributed by atoms with Crippen molar-refractivity contribution in [1.29, 1.82) is 0 Å². The van der Waals surface area contributed by atoms with Crippen LogP contribution in [0.3, 0.4) is 0 Å². The number of nitrogens with zero attached hydrogens (tertiary/aromatic N) is 1. The van der Waals surface area contributed by atoms with E-state index < -0.39 is 5.82 Å². The molecular formula is C30H29Cl2FN4O2. The molecule has 0 aliphatic heterocycles. The second-order valence-corrected chi connectivity index (χ2v) is 11.4. The highest BCUT2D eigenvalue weighted by Gasteiger charge is 2.29. The highest BCUT2D eigenvalue weighted by atomic mass is 35.5. The van der Waals surface area contributed by atoms with Crippen LogP contribution < -0.4 is 20.7 Å². The zero-order valence-corrected chi connectivity index (χ0v) is 22.8. The number of nitrogens with two attached hydrogens (primary N) is 1. The Kier molecular flexibility index (Phi) is 7.04. The van der Waals surface area contributed by atoms with E-state index in [4.69, 9.17) is 33.7 Å². The van der Waals surface area contributed by atoms with Crippen molar-refractivity contribution in [2.24, 2.45) is 11.8 Å². The smallest absolute Gasteiger partial charge is 0.267 e. The van der Waals surface area contributed by atoms with Crippen molar-refractivity contribution in [3.8, 4) is 11.5 Å². The van der Waals surface area contributed by atoms with Crippen molar-refractivity contribution in [1.82, 2.24) is 10.3 Å². The van der Waals surface area contributed by atoms with E-state index in [1.807, 2.05) is 12.1 Å². The van der Waals surface area contributed by atoms with Gasteiger partial charge in [-0.2, -0.15) is 0 Å². The molecule has 2 aliphatic rings. The van der Waals surface area contributed by atoms with Crippen molar-refractivity contribution in [3.05, 3.63) is 81.7 Å². The van der Waals surface area contributed by atoms with Gasteiger partial charge in [0.2, 0.25) is 0 Å². The van der Waals surface area contributed by atoms with Gasteiger partial charge in [0.15, 0.2) is 11.6 Å². The SMILES string of the molecule is Nc1cc(Cl)cc(Oc2c(Cl)ccc(CNC(=O)c3cc4cc(N(CC5CC5)CC5CC5)ccc4[nH]3)c2F)c1. The maximum atomic E-state index is 15.3. The summed E-state index contributed by atoms with van der Waals surface area (Å²) in [6.07, 6.45) is 5.26. The quantitative estimate of drug-likeness (QED) is 0.173. The Labute approximate surface area is 236 Å². The maximum Gasteiger partial charge on any atom is 0.267 e. The van der Waals surface area contributed by atoms with E-state index in [2.05, 4.69) is 27.3 Å². The average Bonchev–Trinajstić information content (AvgIpc) is 3.84. The first-order valence-electron chi connectivity index (χ1n) is 13.2. The molecule has 4 aromatic rings. The van der Waals surface area contributed by atoms with Crippen molar-refractivity contribution in [2.75, 3.05) is 23.7 Å². The number of fused-ring (bicyclic) bond motifs is 1. The Morgan fingerprint density at radius 3 is 2.46 bits per heavy atom. The largest absolute Gasteiger partial charge is 0.453 e. The van der Waals surface area contributed by atoms with E-state index in [0.29, 0.717) is 16.4 Å². The van der Waals surface area contributed by atoms with Gasteiger partial charge >= 0.3 is 0 Å². The Bertz CT molecular complexity index is 1510. The highest BCUT2D eigenvalue weighted by Crippen LogP contribution is 2.37. The topological polar surface area (TPSA) is 83.4 Å². The van der Waals surface area contributed by atoms with E-state index in [9.17, 15) is 4.79 Å². The fourth-order valence-corrected chi connectivity index (χ4v) is 5.20. The number of anilines is 2. The van der Waals surface area contributed by atoms with Gasteiger partial charge in [0.1, 0.15) is 11.4 Å². The molecule has 1 aromatic heterocycles. The number of hydrogen-bond donors (Lipinski definition) is 3. The van der Waals surface area contributed by atoms with Gasteiger partial charge in [-0.05, 0) is 80.0 Å². The summed E-state index contributed by atoms with van der Waals surface area (Å²) in [6.45, 7) is 2.15. The number of H-pyrrole nitrogens is 1. The first-order chi connectivity index (χ1) is 18.8. The molecule has 202 valence electrons. The molecule has 0 saturated heterocycles. The molecule has 0 atom stereocenters. The number of amides is 1. The van der Waals surface area contributed by atoms with Gasteiger partial charge in [0.05, 0.1) is 5.02 Å². The molecule has 0 bridgehead atoms. The van der Waals surface area contributed by atoms with Crippen molar-refractivity contribution < 1.29 is 13.9 Å². The molecule has 3 aromatic carbocycles. The fraction of sp³-hybridized carbons (Fsp3) is 0.300. The lowest BCUT2D eigenvalue weighted by Gasteiger charge is -2.25. The Morgan fingerprint density at radius 2 is 1.77 bits per heavy atom. The zero-order valence-electron chi connectivity index (χ0n) is 21.3. The lowest BCUT2D eigenvalue weighted by Crippen LogP contribution is -2.27. The van der Waals surface area contributed by atoms with E-state index in [0.717, 1.165) is 35.8 Å². The van der Waals surface area contributed by atoms with Crippen LogP contribution in [0.4, 0.5) is 15.8 Å². The number of rotatable bonds is 10. The van der Waals surface area contributed by atoms with Crippen LogP contribution in [-0.4, -0.2) is 24.0 Å². The number of nitrogen functional groups attached to an aromatic ring is 1. The van der Waals surface area contributed by atoms with Crippen LogP contribution in [-0.2, 0) is 6.54 Å². The highest BCUT2D eigenvalue weighted by molar-refractivity contribution is 6.32. The minimum Gasteiger partial charge on any atom is -0.453 e. The van der Waals surface area contributed by atoms with Gasteiger partial charge in [-0.15, -0.1) is 0 Å². The summed E-state index contributed by atoms with van der Waals surface area (Å²) in [7, 11) is 0. The summed E-state index contributed by atoms with van der Waals surface area (Å²) in [4.78, 5) is 18.7. The first kappa shape index (κ1) is 25.8. The third kappa shape index (κ3) is 6.10. The molecule has 2 aliphatic carbocycles. The summed E-state index contributed by atoms with van der Waals surface area (Å²) < 4.78 is 21.0. The van der Waals surface area contributed by atoms with E-state index in [1.54, 1.807) is 6.07 Å². The molecule has 2 fully saturated rings. The number of hydrogen-bond acceptors (Lipinski definition) is 4. The molecule has 1 amide bonds. The predicted molar refractivity (Wildman–Crippen MR) is 154 cm³/mol. The van der Waals surface area contributed by atoms with Crippen LogP contribution in [0, 0.1) is 17.7 Å². The van der Waals surface area contributed by atoms with Crippen LogP contribution in [0.15, 0.2) is 54.6 Å². The number of nitrogens with one attached hydrogen (secondary N) is 2. The molecule has 0 radical (unpaired) electrons. The van der Waals surface area contributed by atoms with Crippen molar-refractivity contribution >= 4 is 51.4 Å². The maximum absolute atomic E-state index is 15.3. The van der Waals surface area contributed by atoms with Crippen molar-refractivity contribution in [3.63, 3.8) is 0 Å². The zero-order chi connectivity index (χ0) is 27.1. The molecule has 6 rings (SSSR count). The minimum atomic E-state index is -0.672. The summed E-state index contributed by atoms with van der Waals surface area (Å²) in [5.41, 5.74) is 8.91. The molecule has 4 N–H and O–H groups in total. The third-order valence-corrected chi connectivity index (χ3v) is 7.76. The number of carbonyl (C=O) groups excluding carboxylic acids is 1. The molecular weight excluding hydrogens is 538 g/mol. The summed E-state index contributed by atoms with van der Waals surface area (Å²) >= 11 is 12.2. The van der Waals surface area contributed by atoms with Gasteiger partial charge in [0, 0.05) is 58.6 Å². The first-order valence-corrected chi connectivity index (χ1v) is 13.9. The summed E-state index contributed by atoms with van der Waals surface area (Å²) in [5, 5.41) is 4.21. The summed E-state index contributed by atoms with van der Waals surface area (Å²) in [5.74, 6) is 0.691. The lowest BCUT2D eigenvalue weighted by atomic mass is 10.2. The molecule has 2 saturated carbocycles. The van der Waals surface area contributed by atoms with Crippen molar-refractivity contribution in [2.45, 2.75) is 32.2 Å². The third-order valence-electron chi connectivity index (χ3n) is 7.25. The van der Waals surface area contributed by atoms with Gasteiger partial charge in [-0.1, -0.05) is 29.3 Å². The number of ether oxygens (including phenoxy) is 1. The number of aromatic amines is 1. The lowest BCUT2D eigenvalue weighted by molar-refractivity contribution is 0.0946. The van der Waals surface area contributed by atoms with E-state index >= 15 is 4.39 Å². The number of aromatic nitrogens is 1. The Morgan fingerprint density at radius 1 is 1.03 bits per heavy atom. The van der Waals surface area contributed by atoms with Crippen LogP contribution in [0.1, 0.15) is 41.7 Å². The molecule has 9 heteroatoms. The molecule has 6 nitrogen and oxygen atoms in total. The van der Waals surface area contributed by atoms with Gasteiger partial charge < -0.3 is 25.7 Å². The number of carbonyl (C=O) groups is 1.